The normalized spacial score (nSPS) is 13.0. The second kappa shape index (κ2) is 6.32. The van der Waals surface area contributed by atoms with Crippen LogP contribution in [0.5, 0.6) is 0 Å². The Morgan fingerprint density at radius 3 is 2.41 bits per heavy atom. The highest BCUT2D eigenvalue weighted by Crippen LogP contribution is 2.23. The van der Waals surface area contributed by atoms with Crippen LogP contribution in [-0.2, 0) is 16.8 Å². The smallest absolute Gasteiger partial charge is 0.246 e. The average Bonchev–Trinajstić information content (AvgIpc) is 2.86. The maximum absolute atomic E-state index is 12.0. The second-order valence-corrected chi connectivity index (χ2v) is 6.49. The van der Waals surface area contributed by atoms with Crippen LogP contribution in [0.25, 0.3) is 0 Å². The Morgan fingerprint density at radius 1 is 1.27 bits per heavy atom. The maximum Gasteiger partial charge on any atom is 0.246 e. The molecular weight excluding hydrogens is 278 g/mol. The zero-order valence-electron chi connectivity index (χ0n) is 13.5. The number of carbonyl (C=O) groups is 1. The van der Waals surface area contributed by atoms with Gasteiger partial charge in [-0.2, -0.15) is 5.10 Å². The van der Waals surface area contributed by atoms with Crippen LogP contribution < -0.4 is 5.32 Å². The number of anilines is 1. The van der Waals surface area contributed by atoms with Gasteiger partial charge in [-0.25, -0.2) is 0 Å². The Hall–Kier alpha value is -2.14. The summed E-state index contributed by atoms with van der Waals surface area (Å²) in [7, 11) is 0. The van der Waals surface area contributed by atoms with Gasteiger partial charge in [-0.05, 0) is 36.1 Å². The van der Waals surface area contributed by atoms with Gasteiger partial charge >= 0.3 is 0 Å². The van der Waals surface area contributed by atoms with Crippen LogP contribution in [0, 0.1) is 0 Å². The molecule has 0 aliphatic rings. The molecule has 5 heteroatoms. The molecule has 0 fully saturated rings. The van der Waals surface area contributed by atoms with Gasteiger partial charge < -0.3 is 10.4 Å². The van der Waals surface area contributed by atoms with Crippen molar-refractivity contribution in [3.8, 4) is 0 Å². The van der Waals surface area contributed by atoms with Crippen molar-refractivity contribution in [2.24, 2.45) is 0 Å². The molecule has 22 heavy (non-hydrogen) atoms. The third-order valence-corrected chi connectivity index (χ3v) is 3.43. The van der Waals surface area contributed by atoms with Gasteiger partial charge in [0.25, 0.3) is 0 Å². The highest BCUT2D eigenvalue weighted by Gasteiger charge is 2.13. The van der Waals surface area contributed by atoms with Crippen molar-refractivity contribution in [2.45, 2.75) is 45.8 Å². The minimum atomic E-state index is -0.630. The summed E-state index contributed by atoms with van der Waals surface area (Å²) in [6.07, 6.45) is 1.05. The lowest BCUT2D eigenvalue weighted by Crippen LogP contribution is -2.19. The third-order valence-electron chi connectivity index (χ3n) is 3.43. The SMILES string of the molecule is C[C@@H](O)c1ccn(CC(=O)Nc2ccc(C(C)(C)C)cc2)n1. The highest BCUT2D eigenvalue weighted by molar-refractivity contribution is 5.90. The van der Waals surface area contributed by atoms with Crippen molar-refractivity contribution in [1.29, 1.82) is 0 Å². The minimum Gasteiger partial charge on any atom is -0.387 e. The summed E-state index contributed by atoms with van der Waals surface area (Å²) >= 11 is 0. The van der Waals surface area contributed by atoms with E-state index in [9.17, 15) is 9.90 Å². The molecule has 2 N–H and O–H groups in total. The molecule has 0 bridgehead atoms. The molecule has 0 aliphatic heterocycles. The predicted molar refractivity (Wildman–Crippen MR) is 86.6 cm³/mol. The number of benzene rings is 1. The molecule has 0 radical (unpaired) electrons. The van der Waals surface area contributed by atoms with Gasteiger partial charge in [-0.15, -0.1) is 0 Å². The Morgan fingerprint density at radius 2 is 1.91 bits per heavy atom. The lowest BCUT2D eigenvalue weighted by atomic mass is 9.87. The van der Waals surface area contributed by atoms with Gasteiger partial charge in [0.2, 0.25) is 5.91 Å². The number of aliphatic hydroxyl groups excluding tert-OH is 1. The number of amides is 1. The number of nitrogens with zero attached hydrogens (tertiary/aromatic N) is 2. The Balaban J connectivity index is 1.96. The van der Waals surface area contributed by atoms with Gasteiger partial charge in [-0.1, -0.05) is 32.9 Å². The lowest BCUT2D eigenvalue weighted by molar-refractivity contribution is -0.116. The zero-order valence-corrected chi connectivity index (χ0v) is 13.5. The summed E-state index contributed by atoms with van der Waals surface area (Å²) in [5, 5.41) is 16.4. The first-order valence-corrected chi connectivity index (χ1v) is 7.37. The lowest BCUT2D eigenvalue weighted by Gasteiger charge is -2.19. The van der Waals surface area contributed by atoms with E-state index < -0.39 is 6.10 Å². The van der Waals surface area contributed by atoms with Crippen LogP contribution in [0.2, 0.25) is 0 Å². The van der Waals surface area contributed by atoms with Crippen LogP contribution in [0.15, 0.2) is 36.5 Å². The quantitative estimate of drug-likeness (QED) is 0.912. The first-order chi connectivity index (χ1) is 10.3. The Bertz CT molecular complexity index is 637. The topological polar surface area (TPSA) is 67.2 Å². The molecule has 0 aliphatic carbocycles. The van der Waals surface area contributed by atoms with Crippen molar-refractivity contribution in [2.75, 3.05) is 5.32 Å². The van der Waals surface area contributed by atoms with Crippen LogP contribution in [0.4, 0.5) is 5.69 Å². The van der Waals surface area contributed by atoms with E-state index >= 15 is 0 Å². The number of rotatable bonds is 4. The summed E-state index contributed by atoms with van der Waals surface area (Å²) in [5.74, 6) is -0.149. The molecule has 2 aromatic rings. The number of hydrogen-bond donors (Lipinski definition) is 2. The summed E-state index contributed by atoms with van der Waals surface area (Å²) < 4.78 is 1.51. The van der Waals surface area contributed by atoms with E-state index in [4.69, 9.17) is 0 Å². The van der Waals surface area contributed by atoms with Crippen LogP contribution in [-0.4, -0.2) is 20.8 Å². The van der Waals surface area contributed by atoms with E-state index in [2.05, 4.69) is 31.2 Å². The first-order valence-electron chi connectivity index (χ1n) is 7.37. The standard InChI is InChI=1S/C17H23N3O2/c1-12(21)15-9-10-20(19-15)11-16(22)18-14-7-5-13(6-8-14)17(2,3)4/h5-10,12,21H,11H2,1-4H3,(H,18,22)/t12-/m1/s1. The molecule has 0 saturated carbocycles. The van der Waals surface area contributed by atoms with E-state index in [0.29, 0.717) is 5.69 Å². The van der Waals surface area contributed by atoms with Gasteiger partial charge in [-0.3, -0.25) is 9.48 Å². The van der Waals surface area contributed by atoms with Gasteiger partial charge in [0, 0.05) is 11.9 Å². The molecule has 1 atom stereocenters. The van der Waals surface area contributed by atoms with Gasteiger partial charge in [0.05, 0.1) is 11.8 Å². The molecule has 1 amide bonds. The van der Waals surface area contributed by atoms with Gasteiger partial charge in [0.15, 0.2) is 0 Å². The molecular formula is C17H23N3O2. The van der Waals surface area contributed by atoms with Crippen molar-refractivity contribution in [1.82, 2.24) is 9.78 Å². The highest BCUT2D eigenvalue weighted by atomic mass is 16.3. The van der Waals surface area contributed by atoms with Crippen LogP contribution in [0.1, 0.15) is 45.1 Å². The van der Waals surface area contributed by atoms with Crippen molar-refractivity contribution < 1.29 is 9.90 Å². The van der Waals surface area contributed by atoms with E-state index in [0.717, 1.165) is 5.69 Å². The largest absolute Gasteiger partial charge is 0.387 e. The predicted octanol–water partition coefficient (Wildman–Crippen LogP) is 2.87. The van der Waals surface area contributed by atoms with E-state index in [1.165, 1.54) is 10.2 Å². The minimum absolute atomic E-state index is 0.0923. The molecule has 1 aromatic carbocycles. The molecule has 2 rings (SSSR count). The summed E-state index contributed by atoms with van der Waals surface area (Å²) in [4.78, 5) is 12.0. The number of carbonyl (C=O) groups excluding carboxylic acids is 1. The second-order valence-electron chi connectivity index (χ2n) is 6.49. The molecule has 1 heterocycles. The van der Waals surface area contributed by atoms with E-state index in [1.54, 1.807) is 19.2 Å². The Kier molecular flexibility index (Phi) is 4.66. The van der Waals surface area contributed by atoms with Crippen molar-refractivity contribution >= 4 is 11.6 Å². The van der Waals surface area contributed by atoms with Gasteiger partial charge in [0.1, 0.15) is 6.54 Å². The third kappa shape index (κ3) is 4.18. The molecule has 0 unspecified atom stereocenters. The molecule has 5 nitrogen and oxygen atoms in total. The van der Waals surface area contributed by atoms with Crippen LogP contribution in [0.3, 0.4) is 0 Å². The monoisotopic (exact) mass is 301 g/mol. The summed E-state index contributed by atoms with van der Waals surface area (Å²) in [6, 6.07) is 9.56. The summed E-state index contributed by atoms with van der Waals surface area (Å²) in [5.41, 5.74) is 2.64. The number of aliphatic hydroxyl groups is 1. The Labute approximate surface area is 131 Å². The molecule has 118 valence electrons. The fourth-order valence-electron chi connectivity index (χ4n) is 2.09. The van der Waals surface area contributed by atoms with E-state index in [1.807, 2.05) is 24.3 Å². The number of aromatic nitrogens is 2. The zero-order chi connectivity index (χ0) is 16.3. The summed E-state index contributed by atoms with van der Waals surface area (Å²) in [6.45, 7) is 8.21. The number of nitrogens with one attached hydrogen (secondary N) is 1. The average molecular weight is 301 g/mol. The van der Waals surface area contributed by atoms with E-state index in [-0.39, 0.29) is 17.9 Å². The maximum atomic E-state index is 12.0. The molecule has 0 saturated heterocycles. The molecule has 1 aromatic heterocycles. The first kappa shape index (κ1) is 16.2. The molecule has 0 spiro atoms. The van der Waals surface area contributed by atoms with Crippen molar-refractivity contribution in [3.63, 3.8) is 0 Å². The van der Waals surface area contributed by atoms with Crippen LogP contribution >= 0.6 is 0 Å². The van der Waals surface area contributed by atoms with Crippen molar-refractivity contribution in [3.05, 3.63) is 47.8 Å². The fourth-order valence-corrected chi connectivity index (χ4v) is 2.09. The fraction of sp³-hybridized carbons (Fsp3) is 0.412. The number of hydrogen-bond acceptors (Lipinski definition) is 3.